The Labute approximate surface area is 93.5 Å². The fourth-order valence-electron chi connectivity index (χ4n) is 1.21. The van der Waals surface area contributed by atoms with Gasteiger partial charge in [-0.1, -0.05) is 0 Å². The van der Waals surface area contributed by atoms with Crippen LogP contribution in [0.3, 0.4) is 0 Å². The number of carboxylic acid groups (broad SMARTS) is 1. The van der Waals surface area contributed by atoms with Crippen molar-refractivity contribution in [3.8, 4) is 0 Å². The highest BCUT2D eigenvalue weighted by molar-refractivity contribution is 7.16. The molecule has 0 saturated heterocycles. The minimum atomic E-state index is -1.06. The number of aromatic amines is 1. The van der Waals surface area contributed by atoms with E-state index in [0.29, 0.717) is 16.0 Å². The van der Waals surface area contributed by atoms with Crippen LogP contribution >= 0.6 is 11.3 Å². The number of nitrogens with zero attached hydrogens (tertiary/aromatic N) is 1. The summed E-state index contributed by atoms with van der Waals surface area (Å²) in [4.78, 5) is 29.0. The van der Waals surface area contributed by atoms with Crippen molar-refractivity contribution >= 4 is 27.5 Å². The van der Waals surface area contributed by atoms with Crippen LogP contribution in [0, 0.1) is 0 Å². The summed E-state index contributed by atoms with van der Waals surface area (Å²) in [6, 6.07) is 1.69. The first-order chi connectivity index (χ1) is 7.66. The number of H-pyrrole nitrogens is 1. The number of rotatable bonds is 4. The molecular weight excluding hydrogens is 232 g/mol. The lowest BCUT2D eigenvalue weighted by Crippen LogP contribution is -2.13. The lowest BCUT2D eigenvalue weighted by Gasteiger charge is -2.00. The van der Waals surface area contributed by atoms with Gasteiger partial charge >= 0.3 is 5.97 Å². The van der Waals surface area contributed by atoms with Crippen LogP contribution in [0.2, 0.25) is 0 Å². The van der Waals surface area contributed by atoms with Crippen molar-refractivity contribution in [3.05, 3.63) is 27.6 Å². The Balaban J connectivity index is 2.18. The number of hydrogen-bond donors (Lipinski definition) is 2. The topological polar surface area (TPSA) is 92.3 Å². The molecule has 0 bridgehead atoms. The molecule has 0 spiro atoms. The molecule has 0 aliphatic heterocycles. The van der Waals surface area contributed by atoms with Gasteiger partial charge in [0.25, 0.3) is 5.56 Å². The molecule has 0 radical (unpaired) electrons. The van der Waals surface area contributed by atoms with Gasteiger partial charge in [0.15, 0.2) is 0 Å². The molecular formula is C9H8N2O4S. The molecule has 2 aromatic rings. The van der Waals surface area contributed by atoms with Gasteiger partial charge in [-0.2, -0.15) is 0 Å². The maximum atomic E-state index is 11.5. The highest BCUT2D eigenvalue weighted by atomic mass is 32.1. The third kappa shape index (κ3) is 2.26. The van der Waals surface area contributed by atoms with Crippen LogP contribution < -0.4 is 5.56 Å². The van der Waals surface area contributed by atoms with Crippen LogP contribution in [0.4, 0.5) is 0 Å². The zero-order valence-electron chi connectivity index (χ0n) is 8.10. The number of aromatic nitrogens is 2. The van der Waals surface area contributed by atoms with Crippen molar-refractivity contribution < 1.29 is 14.6 Å². The second kappa shape index (κ2) is 4.42. The van der Waals surface area contributed by atoms with Gasteiger partial charge in [-0.15, -0.1) is 11.3 Å². The predicted octanol–water partition coefficient (Wildman–Crippen LogP) is 0.586. The van der Waals surface area contributed by atoms with Crippen molar-refractivity contribution in [2.24, 2.45) is 0 Å². The Morgan fingerprint density at radius 3 is 3.19 bits per heavy atom. The van der Waals surface area contributed by atoms with Crippen molar-refractivity contribution in [3.63, 3.8) is 0 Å². The second-order valence-electron chi connectivity index (χ2n) is 3.04. The van der Waals surface area contributed by atoms with Crippen molar-refractivity contribution in [1.29, 1.82) is 0 Å². The number of carbonyl (C=O) groups is 1. The number of aliphatic carboxylic acids is 1. The highest BCUT2D eigenvalue weighted by Crippen LogP contribution is 2.13. The Hall–Kier alpha value is -1.73. The van der Waals surface area contributed by atoms with E-state index in [4.69, 9.17) is 9.84 Å². The van der Waals surface area contributed by atoms with Gasteiger partial charge in [-0.25, -0.2) is 9.78 Å². The normalized spacial score (nSPS) is 10.8. The molecule has 2 N–H and O–H groups in total. The molecule has 16 heavy (non-hydrogen) atoms. The summed E-state index contributed by atoms with van der Waals surface area (Å²) in [5.74, 6) is -0.722. The van der Waals surface area contributed by atoms with Gasteiger partial charge in [0.1, 0.15) is 23.9 Å². The molecule has 7 heteroatoms. The molecule has 0 aliphatic carbocycles. The van der Waals surface area contributed by atoms with Crippen LogP contribution in [0.5, 0.6) is 0 Å². The molecule has 0 aromatic carbocycles. The lowest BCUT2D eigenvalue weighted by molar-refractivity contribution is -0.142. The van der Waals surface area contributed by atoms with E-state index >= 15 is 0 Å². The fraction of sp³-hybridized carbons (Fsp3) is 0.222. The lowest BCUT2D eigenvalue weighted by atomic mass is 10.4. The van der Waals surface area contributed by atoms with Gasteiger partial charge < -0.3 is 14.8 Å². The number of carboxylic acids is 1. The van der Waals surface area contributed by atoms with Gasteiger partial charge in [0.05, 0.1) is 5.39 Å². The number of nitrogens with one attached hydrogen (secondary N) is 1. The fourth-order valence-corrected chi connectivity index (χ4v) is 2.00. The maximum Gasteiger partial charge on any atom is 0.329 e. The molecule has 2 aromatic heterocycles. The van der Waals surface area contributed by atoms with E-state index in [0.717, 1.165) is 0 Å². The van der Waals surface area contributed by atoms with Crippen LogP contribution in [0.25, 0.3) is 10.2 Å². The molecule has 0 aliphatic rings. The van der Waals surface area contributed by atoms with E-state index in [9.17, 15) is 9.59 Å². The molecule has 0 fully saturated rings. The predicted molar refractivity (Wildman–Crippen MR) is 57.5 cm³/mol. The standard InChI is InChI=1S/C9H8N2O4S/c12-7(13)4-15-3-6-10-8(14)5-1-2-16-9(5)11-6/h1-2H,3-4H2,(H,12,13)(H,10,11,14). The SMILES string of the molecule is O=C(O)COCc1nc2sccc2c(=O)[nH]1. The third-order valence-electron chi connectivity index (χ3n) is 1.85. The Bertz CT molecular complexity index is 574. The van der Waals surface area contributed by atoms with E-state index in [1.807, 2.05) is 0 Å². The molecule has 84 valence electrons. The van der Waals surface area contributed by atoms with Gasteiger partial charge in [0, 0.05) is 0 Å². The molecule has 0 amide bonds. The quantitative estimate of drug-likeness (QED) is 0.815. The Morgan fingerprint density at radius 2 is 2.44 bits per heavy atom. The van der Waals surface area contributed by atoms with E-state index in [1.54, 1.807) is 11.4 Å². The molecule has 2 heterocycles. The summed E-state index contributed by atoms with van der Waals surface area (Å²) in [5, 5.41) is 10.7. The first-order valence-corrected chi connectivity index (χ1v) is 5.31. The number of thiophene rings is 1. The van der Waals surface area contributed by atoms with Gasteiger partial charge in [0.2, 0.25) is 0 Å². The summed E-state index contributed by atoms with van der Waals surface area (Å²) in [6.07, 6.45) is 0. The van der Waals surface area contributed by atoms with Crippen LogP contribution in [-0.4, -0.2) is 27.7 Å². The average Bonchev–Trinajstić information content (AvgIpc) is 2.65. The van der Waals surface area contributed by atoms with Crippen molar-refractivity contribution in [1.82, 2.24) is 9.97 Å². The Kier molecular flexibility index (Phi) is 2.97. The maximum absolute atomic E-state index is 11.5. The summed E-state index contributed by atoms with van der Waals surface area (Å²) < 4.78 is 4.83. The van der Waals surface area contributed by atoms with Crippen LogP contribution in [0.1, 0.15) is 5.82 Å². The highest BCUT2D eigenvalue weighted by Gasteiger charge is 2.05. The van der Waals surface area contributed by atoms with Crippen molar-refractivity contribution in [2.45, 2.75) is 6.61 Å². The number of hydrogen-bond acceptors (Lipinski definition) is 5. The molecule has 2 rings (SSSR count). The minimum absolute atomic E-state index is 0.0185. The Morgan fingerprint density at radius 1 is 1.62 bits per heavy atom. The summed E-state index contributed by atoms with van der Waals surface area (Å²) in [5.41, 5.74) is -0.236. The van der Waals surface area contributed by atoms with Gasteiger partial charge in [-0.3, -0.25) is 4.79 Å². The zero-order chi connectivity index (χ0) is 11.5. The summed E-state index contributed by atoms with van der Waals surface area (Å²) in [7, 11) is 0. The molecule has 0 atom stereocenters. The van der Waals surface area contributed by atoms with E-state index in [1.165, 1.54) is 11.3 Å². The van der Waals surface area contributed by atoms with E-state index < -0.39 is 12.6 Å². The van der Waals surface area contributed by atoms with Crippen molar-refractivity contribution in [2.75, 3.05) is 6.61 Å². The first-order valence-electron chi connectivity index (χ1n) is 4.43. The molecule has 0 saturated carbocycles. The monoisotopic (exact) mass is 240 g/mol. The van der Waals surface area contributed by atoms with E-state index in [-0.39, 0.29) is 12.2 Å². The van der Waals surface area contributed by atoms with Crippen LogP contribution in [0.15, 0.2) is 16.2 Å². The van der Waals surface area contributed by atoms with Gasteiger partial charge in [-0.05, 0) is 11.4 Å². The van der Waals surface area contributed by atoms with Crippen LogP contribution in [-0.2, 0) is 16.1 Å². The van der Waals surface area contributed by atoms with E-state index in [2.05, 4.69) is 9.97 Å². The number of fused-ring (bicyclic) bond motifs is 1. The molecule has 6 nitrogen and oxygen atoms in total. The summed E-state index contributed by atoms with van der Waals surface area (Å²) in [6.45, 7) is -0.429. The zero-order valence-corrected chi connectivity index (χ0v) is 8.91. The molecule has 0 unspecified atom stereocenters. The average molecular weight is 240 g/mol. The summed E-state index contributed by atoms with van der Waals surface area (Å²) >= 11 is 1.35. The second-order valence-corrected chi connectivity index (χ2v) is 3.93. The first kappa shape index (κ1) is 10.8. The minimum Gasteiger partial charge on any atom is -0.480 e. The number of ether oxygens (including phenoxy) is 1. The largest absolute Gasteiger partial charge is 0.480 e. The smallest absolute Gasteiger partial charge is 0.329 e. The third-order valence-corrected chi connectivity index (χ3v) is 2.65.